The Morgan fingerprint density at radius 3 is 1.50 bits per heavy atom. The number of nitrogens with one attached hydrogen (secondary N) is 1. The molecule has 14 heteroatoms. The van der Waals surface area contributed by atoms with Crippen LogP contribution in [0, 0.1) is 5.92 Å². The van der Waals surface area contributed by atoms with E-state index in [9.17, 15) is 52.7 Å². The second kappa shape index (κ2) is 6.37. The van der Waals surface area contributed by atoms with Crippen molar-refractivity contribution in [2.45, 2.75) is 56.6 Å². The third-order valence-electron chi connectivity index (χ3n) is 3.38. The second-order valence-electron chi connectivity index (χ2n) is 6.00. The van der Waals surface area contributed by atoms with E-state index < -0.39 is 65.4 Å². The Bertz CT molecular complexity index is 508. The van der Waals surface area contributed by atoms with E-state index in [0.717, 1.165) is 0 Å². The zero-order chi connectivity index (χ0) is 20.9. The fraction of sp³-hybridized carbons (Fsp3) is 0.833. The lowest BCUT2D eigenvalue weighted by Gasteiger charge is -2.39. The van der Waals surface area contributed by atoms with Gasteiger partial charge in [-0.3, -0.25) is 5.01 Å². The van der Waals surface area contributed by atoms with E-state index in [1.54, 1.807) is 0 Å². The van der Waals surface area contributed by atoms with Crippen LogP contribution in [-0.2, 0) is 0 Å². The number of allylic oxidation sites excluding steroid dienone is 1. The first kappa shape index (κ1) is 22.7. The normalized spacial score (nSPS) is 19.5. The minimum atomic E-state index is -6.25. The maximum atomic E-state index is 13.0. The highest BCUT2D eigenvalue weighted by Gasteiger charge is 2.75. The van der Waals surface area contributed by atoms with Crippen LogP contribution in [-0.4, -0.2) is 41.3 Å². The topological polar surface area (TPSA) is 15.3 Å². The van der Waals surface area contributed by atoms with Crippen molar-refractivity contribution in [2.75, 3.05) is 0 Å². The molecule has 1 aliphatic heterocycles. The highest BCUT2D eigenvalue weighted by molar-refractivity contribution is 5.27. The van der Waals surface area contributed by atoms with Crippen molar-refractivity contribution in [3.05, 3.63) is 11.8 Å². The summed E-state index contributed by atoms with van der Waals surface area (Å²) in [5.41, 5.74) is -6.07. The molecule has 0 aromatic rings. The van der Waals surface area contributed by atoms with Crippen molar-refractivity contribution in [3.63, 3.8) is 0 Å². The second-order valence-corrected chi connectivity index (χ2v) is 6.00. The predicted molar refractivity (Wildman–Crippen MR) is 63.3 cm³/mol. The monoisotopic (exact) mass is 412 g/mol. The van der Waals surface area contributed by atoms with Gasteiger partial charge < -0.3 is 0 Å². The first-order chi connectivity index (χ1) is 11.2. The summed E-state index contributed by atoms with van der Waals surface area (Å²) in [6.07, 6.45) is -26.4. The lowest BCUT2D eigenvalue weighted by molar-refractivity contribution is -0.321. The van der Waals surface area contributed by atoms with Gasteiger partial charge in [-0.2, -0.15) is 52.7 Å². The number of alkyl halides is 12. The van der Waals surface area contributed by atoms with Gasteiger partial charge >= 0.3 is 24.7 Å². The average Bonchev–Trinajstić information content (AvgIpc) is 2.63. The van der Waals surface area contributed by atoms with Crippen LogP contribution >= 0.6 is 0 Å². The van der Waals surface area contributed by atoms with Crippen LogP contribution in [0.4, 0.5) is 52.7 Å². The van der Waals surface area contributed by atoms with E-state index in [4.69, 9.17) is 0 Å². The Labute approximate surface area is 138 Å². The maximum absolute atomic E-state index is 13.0. The average molecular weight is 412 g/mol. The molecule has 0 spiro atoms. The number of hydrazine groups is 1. The van der Waals surface area contributed by atoms with Gasteiger partial charge in [-0.25, -0.2) is 5.43 Å². The minimum Gasteiger partial charge on any atom is -0.291 e. The summed E-state index contributed by atoms with van der Waals surface area (Å²) < 4.78 is 155. The highest BCUT2D eigenvalue weighted by Crippen LogP contribution is 2.50. The zero-order valence-corrected chi connectivity index (χ0v) is 12.9. The summed E-state index contributed by atoms with van der Waals surface area (Å²) in [4.78, 5) is 0. The standard InChI is InChI=1S/C12H12F12N2/c1-5(2)3-6-4-8(11(19,20)21,12(22,23)24)25-26(6)7(9(13,14)15)10(16,17)18/h4-5,7,25H,3H2,1-2H3. The van der Waals surface area contributed by atoms with Crippen LogP contribution in [0.5, 0.6) is 0 Å². The molecule has 2 nitrogen and oxygen atoms in total. The molecule has 0 amide bonds. The van der Waals surface area contributed by atoms with E-state index >= 15 is 0 Å². The summed E-state index contributed by atoms with van der Waals surface area (Å²) in [6.45, 7) is 2.41. The number of nitrogens with zero attached hydrogens (tertiary/aromatic N) is 1. The van der Waals surface area contributed by atoms with Gasteiger partial charge in [0.25, 0.3) is 0 Å². The molecule has 0 aromatic heterocycles. The quantitative estimate of drug-likeness (QED) is 0.650. The molecule has 0 aliphatic carbocycles. The number of hydrogen-bond acceptors (Lipinski definition) is 2. The molecule has 154 valence electrons. The Kier molecular flexibility index (Phi) is 5.56. The third kappa shape index (κ3) is 4.14. The zero-order valence-electron chi connectivity index (χ0n) is 12.9. The van der Waals surface area contributed by atoms with Crippen molar-refractivity contribution in [3.8, 4) is 0 Å². The smallest absolute Gasteiger partial charge is 0.291 e. The number of halogens is 12. The van der Waals surface area contributed by atoms with Gasteiger partial charge in [0, 0.05) is 5.70 Å². The molecule has 0 radical (unpaired) electrons. The van der Waals surface area contributed by atoms with Crippen molar-refractivity contribution < 1.29 is 52.7 Å². The lowest BCUT2D eigenvalue weighted by atomic mass is 9.97. The molecule has 0 bridgehead atoms. The van der Waals surface area contributed by atoms with Crippen molar-refractivity contribution in [1.29, 1.82) is 0 Å². The van der Waals surface area contributed by atoms with Crippen LogP contribution in [0.3, 0.4) is 0 Å². The fourth-order valence-corrected chi connectivity index (χ4v) is 2.35. The van der Waals surface area contributed by atoms with Gasteiger partial charge in [0.15, 0.2) is 0 Å². The molecule has 0 fully saturated rings. The third-order valence-corrected chi connectivity index (χ3v) is 3.38. The van der Waals surface area contributed by atoms with Crippen LogP contribution in [0.2, 0.25) is 0 Å². The van der Waals surface area contributed by atoms with Gasteiger partial charge in [0.2, 0.25) is 11.6 Å². The van der Waals surface area contributed by atoms with Gasteiger partial charge in [0.1, 0.15) is 0 Å². The molecule has 1 heterocycles. The van der Waals surface area contributed by atoms with Crippen LogP contribution in [0.25, 0.3) is 0 Å². The Morgan fingerprint density at radius 1 is 0.846 bits per heavy atom. The van der Waals surface area contributed by atoms with E-state index in [2.05, 4.69) is 0 Å². The highest BCUT2D eigenvalue weighted by atomic mass is 19.4. The molecule has 1 aliphatic rings. The lowest BCUT2D eigenvalue weighted by Crippen LogP contribution is -2.69. The fourth-order valence-electron chi connectivity index (χ4n) is 2.35. The SMILES string of the molecule is CC(C)CC1=CC(C(F)(F)F)(C(F)(F)F)NN1C(C(F)(F)F)C(F)(F)F. The van der Waals surface area contributed by atoms with Gasteiger partial charge in [-0.05, 0) is 18.4 Å². The molecule has 0 aromatic carbocycles. The molecular formula is C12H12F12N2. The molecule has 0 saturated carbocycles. The summed E-state index contributed by atoms with van der Waals surface area (Å²) >= 11 is 0. The van der Waals surface area contributed by atoms with Gasteiger partial charge in [-0.15, -0.1) is 0 Å². The summed E-state index contributed by atoms with van der Waals surface area (Å²) in [5.74, 6) is -0.829. The number of hydrogen-bond donors (Lipinski definition) is 1. The molecule has 0 unspecified atom stereocenters. The Balaban J connectivity index is 3.62. The minimum absolute atomic E-state index is 0.404. The van der Waals surface area contributed by atoms with Crippen molar-refractivity contribution in [1.82, 2.24) is 10.4 Å². The first-order valence-corrected chi connectivity index (χ1v) is 6.79. The van der Waals surface area contributed by atoms with E-state index in [1.807, 2.05) is 0 Å². The maximum Gasteiger partial charge on any atom is 0.420 e. The molecule has 1 rings (SSSR count). The first-order valence-electron chi connectivity index (χ1n) is 6.79. The molecular weight excluding hydrogens is 400 g/mol. The number of rotatable bonds is 3. The Morgan fingerprint density at radius 2 is 1.23 bits per heavy atom. The Hall–Kier alpha value is -1.34. The summed E-state index contributed by atoms with van der Waals surface area (Å²) in [5, 5.41) is -1.12. The summed E-state index contributed by atoms with van der Waals surface area (Å²) in [7, 11) is 0. The van der Waals surface area contributed by atoms with E-state index in [0.29, 0.717) is 5.43 Å². The van der Waals surface area contributed by atoms with Gasteiger partial charge in [0.05, 0.1) is 0 Å². The van der Waals surface area contributed by atoms with Crippen LogP contribution in [0.15, 0.2) is 11.8 Å². The van der Waals surface area contributed by atoms with Crippen molar-refractivity contribution >= 4 is 0 Å². The molecule has 0 saturated heterocycles. The van der Waals surface area contributed by atoms with Crippen molar-refractivity contribution in [2.24, 2.45) is 5.92 Å². The van der Waals surface area contributed by atoms with E-state index in [1.165, 1.54) is 13.8 Å². The molecule has 0 atom stereocenters. The molecule has 26 heavy (non-hydrogen) atoms. The predicted octanol–water partition coefficient (Wildman–Crippen LogP) is 5.09. The summed E-state index contributed by atoms with van der Waals surface area (Å²) in [6, 6.07) is -4.59. The van der Waals surface area contributed by atoms with Gasteiger partial charge in [-0.1, -0.05) is 13.8 Å². The largest absolute Gasteiger partial charge is 0.420 e. The van der Waals surface area contributed by atoms with E-state index in [-0.39, 0.29) is 0 Å². The van der Waals surface area contributed by atoms with Crippen LogP contribution in [0.1, 0.15) is 20.3 Å². The molecule has 1 N–H and O–H groups in total. The van der Waals surface area contributed by atoms with Crippen LogP contribution < -0.4 is 5.43 Å².